The van der Waals surface area contributed by atoms with Crippen molar-refractivity contribution in [3.8, 4) is 0 Å². The Hall–Kier alpha value is -0.470. The van der Waals surface area contributed by atoms with Crippen molar-refractivity contribution in [3.63, 3.8) is 0 Å². The van der Waals surface area contributed by atoms with Crippen LogP contribution in [0.15, 0.2) is 16.3 Å². The van der Waals surface area contributed by atoms with Gasteiger partial charge < -0.3 is 10.1 Å². The van der Waals surface area contributed by atoms with E-state index in [9.17, 15) is 8.42 Å². The number of hydrogen-bond donors (Lipinski definition) is 1. The van der Waals surface area contributed by atoms with E-state index in [4.69, 9.17) is 4.74 Å². The first-order valence-electron chi connectivity index (χ1n) is 6.39. The normalized spacial score (nSPS) is 18.1. The summed E-state index contributed by atoms with van der Waals surface area (Å²) in [5, 5.41) is 5.10. The first kappa shape index (κ1) is 14.9. The van der Waals surface area contributed by atoms with Gasteiger partial charge >= 0.3 is 0 Å². The van der Waals surface area contributed by atoms with Gasteiger partial charge in [0, 0.05) is 30.6 Å². The van der Waals surface area contributed by atoms with Crippen molar-refractivity contribution < 1.29 is 13.2 Å². The lowest BCUT2D eigenvalue weighted by Gasteiger charge is -2.26. The summed E-state index contributed by atoms with van der Waals surface area (Å²) < 4.78 is 31.8. The molecule has 0 unspecified atom stereocenters. The highest BCUT2D eigenvalue weighted by atomic mass is 32.2. The van der Waals surface area contributed by atoms with E-state index in [-0.39, 0.29) is 0 Å². The second kappa shape index (κ2) is 6.32. The summed E-state index contributed by atoms with van der Waals surface area (Å²) in [6.07, 6.45) is 0. The number of morpholine rings is 1. The quantitative estimate of drug-likeness (QED) is 0.890. The molecule has 0 aliphatic carbocycles. The van der Waals surface area contributed by atoms with Crippen LogP contribution in [-0.4, -0.2) is 45.1 Å². The van der Waals surface area contributed by atoms with Crippen LogP contribution in [-0.2, 0) is 21.3 Å². The van der Waals surface area contributed by atoms with Gasteiger partial charge in [0.15, 0.2) is 0 Å². The molecule has 5 nitrogen and oxygen atoms in total. The van der Waals surface area contributed by atoms with Crippen molar-refractivity contribution in [2.75, 3.05) is 26.3 Å². The molecule has 0 atom stereocenters. The monoisotopic (exact) mass is 304 g/mol. The highest BCUT2D eigenvalue weighted by molar-refractivity contribution is 7.89. The number of nitrogens with one attached hydrogen (secondary N) is 1. The molecule has 0 amide bonds. The molecule has 19 heavy (non-hydrogen) atoms. The predicted octanol–water partition coefficient (Wildman–Crippen LogP) is 1.27. The van der Waals surface area contributed by atoms with Crippen molar-refractivity contribution in [3.05, 3.63) is 16.3 Å². The third kappa shape index (κ3) is 3.55. The molecule has 1 N–H and O–H groups in total. The Bertz CT molecular complexity index is 505. The fourth-order valence-electron chi connectivity index (χ4n) is 1.91. The van der Waals surface area contributed by atoms with E-state index < -0.39 is 10.0 Å². The fraction of sp³-hybridized carbons (Fsp3) is 0.667. The Labute approximate surface area is 118 Å². The topological polar surface area (TPSA) is 58.6 Å². The van der Waals surface area contributed by atoms with E-state index >= 15 is 0 Å². The maximum absolute atomic E-state index is 12.6. The zero-order valence-corrected chi connectivity index (χ0v) is 12.9. The Balaban J connectivity index is 2.18. The van der Waals surface area contributed by atoms with Gasteiger partial charge in [-0.2, -0.15) is 4.31 Å². The minimum atomic E-state index is -3.37. The molecule has 1 aromatic rings. The molecule has 0 bridgehead atoms. The summed E-state index contributed by atoms with van der Waals surface area (Å²) in [6, 6.07) is 2.04. The second-order valence-electron chi connectivity index (χ2n) is 4.76. The molecule has 2 heterocycles. The second-order valence-corrected chi connectivity index (χ2v) is 7.67. The molecule has 0 spiro atoms. The molecule has 1 fully saturated rings. The molecular formula is C12H20N2O3S2. The molecule has 1 aromatic heterocycles. The van der Waals surface area contributed by atoms with Crippen LogP contribution in [0.25, 0.3) is 0 Å². The van der Waals surface area contributed by atoms with Crippen LogP contribution in [0.2, 0.25) is 0 Å². The van der Waals surface area contributed by atoms with Crippen LogP contribution >= 0.6 is 11.3 Å². The van der Waals surface area contributed by atoms with Crippen LogP contribution < -0.4 is 5.32 Å². The van der Waals surface area contributed by atoms with Crippen molar-refractivity contribution in [1.82, 2.24) is 9.62 Å². The average Bonchev–Trinajstić information content (AvgIpc) is 2.86. The van der Waals surface area contributed by atoms with Crippen LogP contribution in [0.4, 0.5) is 0 Å². The maximum atomic E-state index is 12.6. The lowest BCUT2D eigenvalue weighted by Crippen LogP contribution is -2.40. The highest BCUT2D eigenvalue weighted by Gasteiger charge is 2.28. The molecular weight excluding hydrogens is 284 g/mol. The molecule has 0 aromatic carbocycles. The Morgan fingerprint density at radius 2 is 2.11 bits per heavy atom. The van der Waals surface area contributed by atoms with Crippen molar-refractivity contribution in [2.45, 2.75) is 31.3 Å². The van der Waals surface area contributed by atoms with Gasteiger partial charge in [0.25, 0.3) is 0 Å². The lowest BCUT2D eigenvalue weighted by atomic mass is 10.4. The number of rotatable bonds is 5. The zero-order chi connectivity index (χ0) is 13.9. The van der Waals surface area contributed by atoms with Gasteiger partial charge in [-0.05, 0) is 11.4 Å². The van der Waals surface area contributed by atoms with Gasteiger partial charge in [-0.15, -0.1) is 11.3 Å². The van der Waals surface area contributed by atoms with E-state index in [1.54, 1.807) is 6.07 Å². The third-order valence-electron chi connectivity index (χ3n) is 2.96. The van der Waals surface area contributed by atoms with Gasteiger partial charge in [-0.25, -0.2) is 8.42 Å². The standard InChI is InChI=1S/C12H20N2O3S2/c1-10(2)13-9-11-12(3-8-18-11)19(15,16)14-4-6-17-7-5-14/h3,8,10,13H,4-7,9H2,1-2H3. The number of ether oxygens (including phenoxy) is 1. The molecule has 1 saturated heterocycles. The van der Waals surface area contributed by atoms with Crippen molar-refractivity contribution in [2.24, 2.45) is 0 Å². The minimum absolute atomic E-state index is 0.334. The summed E-state index contributed by atoms with van der Waals surface area (Å²) >= 11 is 1.48. The number of hydrogen-bond acceptors (Lipinski definition) is 5. The predicted molar refractivity (Wildman–Crippen MR) is 75.9 cm³/mol. The van der Waals surface area contributed by atoms with Gasteiger partial charge in [0.2, 0.25) is 10.0 Å². The molecule has 2 rings (SSSR count). The van der Waals surface area contributed by atoms with Crippen LogP contribution in [0.3, 0.4) is 0 Å². The van der Waals surface area contributed by atoms with E-state index in [1.807, 2.05) is 19.2 Å². The molecule has 0 radical (unpaired) electrons. The van der Waals surface area contributed by atoms with Crippen LogP contribution in [0.1, 0.15) is 18.7 Å². The first-order chi connectivity index (χ1) is 9.01. The van der Waals surface area contributed by atoms with E-state index in [0.29, 0.717) is 43.8 Å². The van der Waals surface area contributed by atoms with Gasteiger partial charge in [-0.3, -0.25) is 0 Å². The average molecular weight is 304 g/mol. The summed E-state index contributed by atoms with van der Waals surface area (Å²) in [7, 11) is -3.37. The first-order valence-corrected chi connectivity index (χ1v) is 8.71. The SMILES string of the molecule is CC(C)NCc1sccc1S(=O)(=O)N1CCOCC1. The number of sulfonamides is 1. The van der Waals surface area contributed by atoms with Crippen LogP contribution in [0.5, 0.6) is 0 Å². The van der Waals surface area contributed by atoms with Gasteiger partial charge in [0.1, 0.15) is 0 Å². The Kier molecular flexibility index (Phi) is 4.97. The van der Waals surface area contributed by atoms with E-state index in [1.165, 1.54) is 15.6 Å². The molecule has 7 heteroatoms. The van der Waals surface area contributed by atoms with Crippen molar-refractivity contribution in [1.29, 1.82) is 0 Å². The summed E-state index contributed by atoms with van der Waals surface area (Å²) in [5.41, 5.74) is 0. The number of thiophene rings is 1. The minimum Gasteiger partial charge on any atom is -0.379 e. The van der Waals surface area contributed by atoms with E-state index in [0.717, 1.165) is 4.88 Å². The Morgan fingerprint density at radius 3 is 2.74 bits per heavy atom. The smallest absolute Gasteiger partial charge is 0.244 e. The summed E-state index contributed by atoms with van der Waals surface area (Å²) in [6.45, 7) is 6.51. The lowest BCUT2D eigenvalue weighted by molar-refractivity contribution is 0.0730. The summed E-state index contributed by atoms with van der Waals surface area (Å²) in [4.78, 5) is 1.31. The van der Waals surface area contributed by atoms with Gasteiger partial charge in [-0.1, -0.05) is 13.8 Å². The molecule has 1 aliphatic rings. The molecule has 108 valence electrons. The number of nitrogens with zero attached hydrogens (tertiary/aromatic N) is 1. The van der Waals surface area contributed by atoms with Crippen molar-refractivity contribution >= 4 is 21.4 Å². The largest absolute Gasteiger partial charge is 0.379 e. The maximum Gasteiger partial charge on any atom is 0.244 e. The van der Waals surface area contributed by atoms with Gasteiger partial charge in [0.05, 0.1) is 18.1 Å². The van der Waals surface area contributed by atoms with E-state index in [2.05, 4.69) is 5.32 Å². The third-order valence-corrected chi connectivity index (χ3v) is 6.00. The van der Waals surface area contributed by atoms with Crippen LogP contribution in [0, 0.1) is 0 Å². The Morgan fingerprint density at radius 1 is 1.42 bits per heavy atom. The zero-order valence-electron chi connectivity index (χ0n) is 11.3. The fourth-order valence-corrected chi connectivity index (χ4v) is 4.68. The highest BCUT2D eigenvalue weighted by Crippen LogP contribution is 2.25. The molecule has 1 aliphatic heterocycles. The molecule has 0 saturated carbocycles. The summed E-state index contributed by atoms with van der Waals surface area (Å²) in [5.74, 6) is 0.